The molecule has 0 aliphatic rings. The summed E-state index contributed by atoms with van der Waals surface area (Å²) < 4.78 is 37.3. The van der Waals surface area contributed by atoms with Gasteiger partial charge in [-0.05, 0) is 11.6 Å². The lowest BCUT2D eigenvalue weighted by molar-refractivity contribution is -0.148. The van der Waals surface area contributed by atoms with Crippen LogP contribution in [0.2, 0.25) is 5.02 Å². The molecule has 0 aliphatic heterocycles. The van der Waals surface area contributed by atoms with Crippen LogP contribution in [0, 0.1) is 0 Å². The van der Waals surface area contributed by atoms with Crippen molar-refractivity contribution in [3.8, 4) is 0 Å². The van der Waals surface area contributed by atoms with Crippen molar-refractivity contribution < 1.29 is 13.2 Å². The van der Waals surface area contributed by atoms with Gasteiger partial charge in [0.05, 0.1) is 10.9 Å². The Morgan fingerprint density at radius 1 is 1.50 bits per heavy atom. The SMILES string of the molecule is NCC(c1ccncc1Cl)C(F)(F)F. The highest BCUT2D eigenvalue weighted by molar-refractivity contribution is 6.31. The van der Waals surface area contributed by atoms with E-state index in [0.717, 1.165) is 0 Å². The smallest absolute Gasteiger partial charge is 0.330 e. The molecule has 6 heteroatoms. The molecular formula is C8H8ClF3N2. The predicted molar refractivity (Wildman–Crippen MR) is 47.1 cm³/mol. The summed E-state index contributed by atoms with van der Waals surface area (Å²) in [6, 6.07) is 1.23. The Kier molecular flexibility index (Phi) is 3.34. The van der Waals surface area contributed by atoms with Crippen LogP contribution in [0.25, 0.3) is 0 Å². The van der Waals surface area contributed by atoms with Crippen molar-refractivity contribution >= 4 is 11.6 Å². The minimum Gasteiger partial charge on any atom is -0.330 e. The molecule has 0 fully saturated rings. The number of alkyl halides is 3. The molecule has 0 radical (unpaired) electrons. The van der Waals surface area contributed by atoms with Gasteiger partial charge in [0.15, 0.2) is 0 Å². The third-order valence-electron chi connectivity index (χ3n) is 1.81. The van der Waals surface area contributed by atoms with Crippen LogP contribution in [0.1, 0.15) is 11.5 Å². The molecule has 1 rings (SSSR count). The van der Waals surface area contributed by atoms with Crippen LogP contribution < -0.4 is 5.73 Å². The first-order valence-electron chi connectivity index (χ1n) is 3.83. The molecule has 2 N–H and O–H groups in total. The quantitative estimate of drug-likeness (QED) is 0.838. The molecular weight excluding hydrogens is 217 g/mol. The molecule has 0 saturated heterocycles. The van der Waals surface area contributed by atoms with Crippen LogP contribution in [-0.2, 0) is 0 Å². The molecule has 1 heterocycles. The van der Waals surface area contributed by atoms with Crippen molar-refractivity contribution in [1.82, 2.24) is 4.98 Å². The van der Waals surface area contributed by atoms with Gasteiger partial charge in [-0.3, -0.25) is 4.98 Å². The first kappa shape index (κ1) is 11.3. The molecule has 14 heavy (non-hydrogen) atoms. The van der Waals surface area contributed by atoms with Crippen LogP contribution in [0.3, 0.4) is 0 Å². The van der Waals surface area contributed by atoms with Crippen LogP contribution in [-0.4, -0.2) is 17.7 Å². The van der Waals surface area contributed by atoms with Crippen molar-refractivity contribution in [2.75, 3.05) is 6.54 Å². The van der Waals surface area contributed by atoms with E-state index in [1.165, 1.54) is 18.5 Å². The molecule has 0 aliphatic carbocycles. The summed E-state index contributed by atoms with van der Waals surface area (Å²) in [6.45, 7) is -0.521. The number of nitrogens with two attached hydrogens (primary N) is 1. The van der Waals surface area contributed by atoms with Gasteiger partial charge in [-0.1, -0.05) is 11.6 Å². The van der Waals surface area contributed by atoms with Gasteiger partial charge in [-0.2, -0.15) is 13.2 Å². The van der Waals surface area contributed by atoms with Gasteiger partial charge in [0.25, 0.3) is 0 Å². The zero-order valence-corrected chi connectivity index (χ0v) is 7.81. The first-order valence-corrected chi connectivity index (χ1v) is 4.20. The summed E-state index contributed by atoms with van der Waals surface area (Å²) >= 11 is 5.59. The van der Waals surface area contributed by atoms with E-state index in [1.54, 1.807) is 0 Å². The lowest BCUT2D eigenvalue weighted by Gasteiger charge is -2.19. The van der Waals surface area contributed by atoms with Gasteiger partial charge in [0, 0.05) is 18.9 Å². The highest BCUT2D eigenvalue weighted by Gasteiger charge is 2.40. The van der Waals surface area contributed by atoms with E-state index in [4.69, 9.17) is 17.3 Å². The Bertz CT molecular complexity index is 314. The molecule has 1 aromatic rings. The Morgan fingerprint density at radius 2 is 2.14 bits per heavy atom. The summed E-state index contributed by atoms with van der Waals surface area (Å²) in [5.74, 6) is -1.72. The number of aromatic nitrogens is 1. The molecule has 0 amide bonds. The maximum absolute atomic E-state index is 12.4. The minimum absolute atomic E-state index is 0.0136. The minimum atomic E-state index is -4.38. The second-order valence-corrected chi connectivity index (χ2v) is 3.13. The lowest BCUT2D eigenvalue weighted by atomic mass is 10.00. The van der Waals surface area contributed by atoms with Crippen LogP contribution in [0.5, 0.6) is 0 Å². The molecule has 0 spiro atoms. The zero-order valence-electron chi connectivity index (χ0n) is 7.05. The normalized spacial score (nSPS) is 14.1. The molecule has 78 valence electrons. The van der Waals surface area contributed by atoms with E-state index in [2.05, 4.69) is 4.98 Å². The van der Waals surface area contributed by atoms with Gasteiger partial charge in [-0.15, -0.1) is 0 Å². The average Bonchev–Trinajstić information content (AvgIpc) is 2.07. The maximum atomic E-state index is 12.4. The number of hydrogen-bond acceptors (Lipinski definition) is 2. The summed E-state index contributed by atoms with van der Waals surface area (Å²) in [7, 11) is 0. The lowest BCUT2D eigenvalue weighted by Crippen LogP contribution is -2.28. The Hall–Kier alpha value is -0.810. The topological polar surface area (TPSA) is 38.9 Å². The Balaban J connectivity index is 3.08. The maximum Gasteiger partial charge on any atom is 0.397 e. The fourth-order valence-corrected chi connectivity index (χ4v) is 1.36. The number of hydrogen-bond donors (Lipinski definition) is 1. The second kappa shape index (κ2) is 4.14. The zero-order chi connectivity index (χ0) is 10.8. The van der Waals surface area contributed by atoms with Gasteiger partial charge < -0.3 is 5.73 Å². The van der Waals surface area contributed by atoms with Crippen molar-refractivity contribution in [2.45, 2.75) is 12.1 Å². The summed E-state index contributed by atoms with van der Waals surface area (Å²) in [6.07, 6.45) is -1.94. The van der Waals surface area contributed by atoms with Crippen molar-refractivity contribution in [3.05, 3.63) is 29.0 Å². The molecule has 1 unspecified atom stereocenters. The van der Waals surface area contributed by atoms with Gasteiger partial charge >= 0.3 is 6.18 Å². The van der Waals surface area contributed by atoms with Gasteiger partial charge in [-0.25, -0.2) is 0 Å². The second-order valence-electron chi connectivity index (χ2n) is 2.73. The molecule has 0 aromatic carbocycles. The molecule has 1 aromatic heterocycles. The number of halogens is 4. The van der Waals surface area contributed by atoms with E-state index in [-0.39, 0.29) is 10.6 Å². The average molecular weight is 225 g/mol. The fourth-order valence-electron chi connectivity index (χ4n) is 1.11. The van der Waals surface area contributed by atoms with E-state index in [1.807, 2.05) is 0 Å². The van der Waals surface area contributed by atoms with E-state index < -0.39 is 18.6 Å². The van der Waals surface area contributed by atoms with Crippen LogP contribution in [0.4, 0.5) is 13.2 Å². The summed E-state index contributed by atoms with van der Waals surface area (Å²) in [5.41, 5.74) is 5.03. The van der Waals surface area contributed by atoms with E-state index in [9.17, 15) is 13.2 Å². The molecule has 1 atom stereocenters. The van der Waals surface area contributed by atoms with Crippen LogP contribution in [0.15, 0.2) is 18.5 Å². The monoisotopic (exact) mass is 224 g/mol. The van der Waals surface area contributed by atoms with Crippen molar-refractivity contribution in [2.24, 2.45) is 5.73 Å². The van der Waals surface area contributed by atoms with E-state index >= 15 is 0 Å². The third kappa shape index (κ3) is 2.36. The molecule has 2 nitrogen and oxygen atoms in total. The molecule has 0 saturated carbocycles. The first-order chi connectivity index (χ1) is 6.46. The predicted octanol–water partition coefficient (Wildman–Crippen LogP) is 2.34. The Morgan fingerprint density at radius 3 is 2.57 bits per heavy atom. The summed E-state index contributed by atoms with van der Waals surface area (Å²) in [4.78, 5) is 3.60. The highest BCUT2D eigenvalue weighted by atomic mass is 35.5. The Labute approximate surface area is 83.9 Å². The molecule has 0 bridgehead atoms. The van der Waals surface area contributed by atoms with Crippen LogP contribution >= 0.6 is 11.6 Å². The standard InChI is InChI=1S/C8H8ClF3N2/c9-7-4-14-2-1-5(7)6(3-13)8(10,11)12/h1-2,4,6H,3,13H2. The fraction of sp³-hybridized carbons (Fsp3) is 0.375. The van der Waals surface area contributed by atoms with Gasteiger partial charge in [0.1, 0.15) is 0 Å². The van der Waals surface area contributed by atoms with Crippen molar-refractivity contribution in [3.63, 3.8) is 0 Å². The number of pyridine rings is 1. The highest BCUT2D eigenvalue weighted by Crippen LogP contribution is 2.36. The van der Waals surface area contributed by atoms with Crippen molar-refractivity contribution in [1.29, 1.82) is 0 Å². The van der Waals surface area contributed by atoms with Gasteiger partial charge in [0.2, 0.25) is 0 Å². The third-order valence-corrected chi connectivity index (χ3v) is 2.13. The largest absolute Gasteiger partial charge is 0.397 e. The number of nitrogens with zero attached hydrogens (tertiary/aromatic N) is 1. The number of rotatable bonds is 2. The van der Waals surface area contributed by atoms with E-state index in [0.29, 0.717) is 0 Å². The summed E-state index contributed by atoms with van der Waals surface area (Å²) in [5, 5.41) is -0.0136.